The predicted molar refractivity (Wildman–Crippen MR) is 148 cm³/mol. The van der Waals surface area contributed by atoms with E-state index in [-0.39, 0.29) is 28.4 Å². The van der Waals surface area contributed by atoms with Crippen LogP contribution in [0.3, 0.4) is 0 Å². The van der Waals surface area contributed by atoms with E-state index in [9.17, 15) is 50.4 Å². The minimum absolute atomic E-state index is 0.00297. The van der Waals surface area contributed by atoms with E-state index in [1.807, 2.05) is 0 Å². The van der Waals surface area contributed by atoms with Crippen molar-refractivity contribution >= 4 is 22.8 Å². The summed E-state index contributed by atoms with van der Waals surface area (Å²) in [5.41, 5.74) is -0.547. The summed E-state index contributed by atoms with van der Waals surface area (Å²) in [5, 5.41) is 81.4. The van der Waals surface area contributed by atoms with E-state index in [4.69, 9.17) is 13.9 Å². The van der Waals surface area contributed by atoms with Crippen molar-refractivity contribution in [3.8, 4) is 40.1 Å². The zero-order valence-corrected chi connectivity index (χ0v) is 22.0. The summed E-state index contributed by atoms with van der Waals surface area (Å²) in [6.45, 7) is 0. The molecule has 13 nitrogen and oxygen atoms in total. The number of ether oxygens (including phenoxy) is 2. The molecule has 2 heterocycles. The number of aliphatic hydroxyl groups excluding tert-OH is 4. The molecule has 6 atom stereocenters. The zero-order valence-electron chi connectivity index (χ0n) is 22.0. The zero-order chi connectivity index (χ0) is 31.0. The second kappa shape index (κ2) is 11.8. The minimum Gasteiger partial charge on any atom is -0.508 e. The Morgan fingerprint density at radius 2 is 1.47 bits per heavy atom. The van der Waals surface area contributed by atoms with Crippen LogP contribution in [0.15, 0.2) is 76.0 Å². The van der Waals surface area contributed by atoms with Crippen LogP contribution >= 0.6 is 0 Å². The van der Waals surface area contributed by atoms with Crippen molar-refractivity contribution < 1.29 is 59.5 Å². The van der Waals surface area contributed by atoms with Crippen molar-refractivity contribution in [2.24, 2.45) is 0 Å². The van der Waals surface area contributed by atoms with Crippen LogP contribution in [0.4, 0.5) is 0 Å². The van der Waals surface area contributed by atoms with Crippen LogP contribution < -0.4 is 10.2 Å². The van der Waals surface area contributed by atoms with E-state index in [2.05, 4.69) is 0 Å². The fraction of sp³-hybridized carbons (Fsp3) is 0.200. The summed E-state index contributed by atoms with van der Waals surface area (Å²) >= 11 is 0. The van der Waals surface area contributed by atoms with Gasteiger partial charge in [-0.25, -0.2) is 0 Å². The molecule has 1 saturated heterocycles. The Bertz CT molecular complexity index is 1730. The number of hydrogen-bond acceptors (Lipinski definition) is 13. The number of rotatable bonds is 7. The third kappa shape index (κ3) is 5.88. The molecule has 1 aliphatic heterocycles. The van der Waals surface area contributed by atoms with Gasteiger partial charge in [-0.3, -0.25) is 9.59 Å². The van der Waals surface area contributed by atoms with Gasteiger partial charge in [0.05, 0.1) is 0 Å². The molecule has 4 aromatic rings. The van der Waals surface area contributed by atoms with E-state index >= 15 is 0 Å². The van der Waals surface area contributed by atoms with Crippen molar-refractivity contribution in [3.63, 3.8) is 0 Å². The van der Waals surface area contributed by atoms with Gasteiger partial charge in [0.2, 0.25) is 17.5 Å². The number of ketones is 1. The van der Waals surface area contributed by atoms with Gasteiger partial charge in [-0.2, -0.15) is 0 Å². The molecule has 0 aliphatic carbocycles. The quantitative estimate of drug-likeness (QED) is 0.140. The molecule has 0 spiro atoms. The summed E-state index contributed by atoms with van der Waals surface area (Å²) in [6.07, 6.45) is -9.52. The standard InChI is InChI=1S/C30H26O13/c31-15-6-1-13(2-7-15)3-10-18(34)22(36)28-25(39)24(38)26(40)30(42-28)43-29-23(37)21-19(35)11-17(33)12-20(21)41-27(29)14-4-8-16(32)9-5-14/h1-12,22,24-26,28,30-33,35-36,38-40H/b10-3+/t22?,24-,25-,26+,28+,30?/m0/s1. The lowest BCUT2D eigenvalue weighted by atomic mass is 9.93. The molecule has 1 fully saturated rings. The molecule has 2 unspecified atom stereocenters. The van der Waals surface area contributed by atoms with Crippen LogP contribution in [-0.2, 0) is 9.53 Å². The molecular formula is C30H26O13. The Labute approximate surface area is 242 Å². The number of benzene rings is 3. The average Bonchev–Trinajstić information content (AvgIpc) is 2.97. The maximum Gasteiger partial charge on any atom is 0.239 e. The molecule has 1 aromatic heterocycles. The fourth-order valence-corrected chi connectivity index (χ4v) is 4.55. The minimum atomic E-state index is -2.06. The number of carbonyl (C=O) groups is 1. The van der Waals surface area contributed by atoms with Gasteiger partial charge >= 0.3 is 0 Å². The Morgan fingerprint density at radius 1 is 0.837 bits per heavy atom. The van der Waals surface area contributed by atoms with Gasteiger partial charge in [0.1, 0.15) is 64.5 Å². The number of fused-ring (bicyclic) bond motifs is 1. The van der Waals surface area contributed by atoms with Gasteiger partial charge < -0.3 is 54.7 Å². The lowest BCUT2D eigenvalue weighted by Crippen LogP contribution is -2.63. The highest BCUT2D eigenvalue weighted by Gasteiger charge is 2.49. The first-order valence-corrected chi connectivity index (χ1v) is 12.8. The normalized spacial score (nSPS) is 22.9. The van der Waals surface area contributed by atoms with Crippen LogP contribution in [0, 0.1) is 0 Å². The topological polar surface area (TPSA) is 228 Å². The third-order valence-corrected chi connectivity index (χ3v) is 6.82. The lowest BCUT2D eigenvalue weighted by molar-refractivity contribution is -0.285. The summed E-state index contributed by atoms with van der Waals surface area (Å²) < 4.78 is 17.0. The Morgan fingerprint density at radius 3 is 2.12 bits per heavy atom. The Hall–Kier alpha value is -4.92. The summed E-state index contributed by atoms with van der Waals surface area (Å²) in [5.74, 6) is -3.06. The number of aliphatic hydroxyl groups is 4. The molecule has 0 bridgehead atoms. The largest absolute Gasteiger partial charge is 0.508 e. The SMILES string of the molecule is O=C(/C=C/c1ccc(O)cc1)C(O)[C@H]1OC(Oc2c(-c3ccc(O)cc3)oc3cc(O)cc(O)c3c2=O)[C@H](O)[C@@H](O)[C@@H]1O. The van der Waals surface area contributed by atoms with E-state index in [0.717, 1.165) is 18.2 Å². The highest BCUT2D eigenvalue weighted by atomic mass is 16.7. The van der Waals surface area contributed by atoms with Crippen LogP contribution in [0.5, 0.6) is 28.7 Å². The summed E-state index contributed by atoms with van der Waals surface area (Å²) in [4.78, 5) is 26.3. The van der Waals surface area contributed by atoms with Crippen LogP contribution in [0.1, 0.15) is 5.56 Å². The Kier molecular flexibility index (Phi) is 8.08. The molecule has 13 heteroatoms. The molecule has 0 radical (unpaired) electrons. The van der Waals surface area contributed by atoms with Gasteiger partial charge in [-0.15, -0.1) is 0 Å². The first-order valence-electron chi connectivity index (χ1n) is 12.8. The molecular weight excluding hydrogens is 568 g/mol. The highest BCUT2D eigenvalue weighted by Crippen LogP contribution is 2.37. The molecule has 5 rings (SSSR count). The van der Waals surface area contributed by atoms with Crippen molar-refractivity contribution in [3.05, 3.63) is 82.5 Å². The van der Waals surface area contributed by atoms with E-state index in [0.29, 0.717) is 5.56 Å². The first kappa shape index (κ1) is 29.6. The fourth-order valence-electron chi connectivity index (χ4n) is 4.55. The predicted octanol–water partition coefficient (Wildman–Crippen LogP) is 1.11. The van der Waals surface area contributed by atoms with Crippen molar-refractivity contribution in [2.45, 2.75) is 36.8 Å². The lowest BCUT2D eigenvalue weighted by Gasteiger charge is -2.41. The molecule has 3 aromatic carbocycles. The van der Waals surface area contributed by atoms with Gasteiger partial charge in [0.15, 0.2) is 11.5 Å². The molecule has 0 amide bonds. The first-order chi connectivity index (χ1) is 20.4. The average molecular weight is 595 g/mol. The smallest absolute Gasteiger partial charge is 0.239 e. The molecule has 224 valence electrons. The van der Waals surface area contributed by atoms with Crippen molar-refractivity contribution in [1.29, 1.82) is 0 Å². The molecule has 1 aliphatic rings. The van der Waals surface area contributed by atoms with Gasteiger partial charge in [-0.05, 0) is 48.0 Å². The number of phenols is 4. The molecule has 43 heavy (non-hydrogen) atoms. The van der Waals surface area contributed by atoms with Crippen molar-refractivity contribution in [2.75, 3.05) is 0 Å². The number of hydrogen-bond donors (Lipinski definition) is 8. The van der Waals surface area contributed by atoms with E-state index in [1.54, 1.807) is 0 Å². The van der Waals surface area contributed by atoms with Gasteiger partial charge in [0.25, 0.3) is 0 Å². The van der Waals surface area contributed by atoms with Crippen LogP contribution in [0.25, 0.3) is 28.4 Å². The summed E-state index contributed by atoms with van der Waals surface area (Å²) in [6, 6.07) is 13.0. The second-order valence-electron chi connectivity index (χ2n) is 9.81. The van der Waals surface area contributed by atoms with Gasteiger partial charge in [0, 0.05) is 17.7 Å². The number of carbonyl (C=O) groups excluding carboxylic acids is 1. The van der Waals surface area contributed by atoms with Gasteiger partial charge in [-0.1, -0.05) is 18.2 Å². The second-order valence-corrected chi connectivity index (χ2v) is 9.81. The number of aromatic hydroxyl groups is 4. The van der Waals surface area contributed by atoms with E-state index in [1.165, 1.54) is 54.6 Å². The Balaban J connectivity index is 1.50. The highest BCUT2D eigenvalue weighted by molar-refractivity contribution is 5.97. The third-order valence-electron chi connectivity index (χ3n) is 6.82. The monoisotopic (exact) mass is 594 g/mol. The maximum absolute atomic E-state index is 13.6. The van der Waals surface area contributed by atoms with Crippen molar-refractivity contribution in [1.82, 2.24) is 0 Å². The molecule has 0 saturated carbocycles. The number of phenolic OH excluding ortho intramolecular Hbond substituents is 4. The van der Waals surface area contributed by atoms with Crippen LogP contribution in [-0.4, -0.2) is 83.4 Å². The molecule has 8 N–H and O–H groups in total. The maximum atomic E-state index is 13.6. The summed E-state index contributed by atoms with van der Waals surface area (Å²) in [7, 11) is 0. The van der Waals surface area contributed by atoms with E-state index < -0.39 is 70.7 Å². The van der Waals surface area contributed by atoms with Crippen LogP contribution in [0.2, 0.25) is 0 Å².